The predicted molar refractivity (Wildman–Crippen MR) is 256 cm³/mol. The number of phenolic OH excluding ortho intramolecular Hbond substituents is 4. The second-order valence-corrected chi connectivity index (χ2v) is 24.2. The van der Waals surface area contributed by atoms with Crippen molar-refractivity contribution in [2.45, 2.75) is 57.1 Å². The number of benzene rings is 6. The van der Waals surface area contributed by atoms with Gasteiger partial charge in [0.05, 0.1) is 19.6 Å². The standard InChI is InChI=1S/2C20H21N3O10S3.Cr.4Na/c2*1-3-23(4-2)34(26,27)13-6-8-16(24)15(10-13)21-22-20-17(25)7-5-12-9-14(35(28,29)30)11-18(19(12)20)36(31,32)33;;;;;/h2*5-11,24-25H,3-4H2,1-2H3,(H,28,29,30)(H,31,32,33);;;;;/q;;;4*+1/p+1. The van der Waals surface area contributed by atoms with Gasteiger partial charge in [0.25, 0.3) is 40.5 Å². The van der Waals surface area contributed by atoms with Gasteiger partial charge in [0.15, 0.2) is 0 Å². The molecule has 0 aliphatic heterocycles. The molecule has 394 valence electrons. The fraction of sp³-hybridized carbons (Fsp3) is 0.200. The Morgan fingerprint density at radius 3 is 0.935 bits per heavy atom. The van der Waals surface area contributed by atoms with Crippen LogP contribution in [0.2, 0.25) is 0 Å². The van der Waals surface area contributed by atoms with Gasteiger partial charge in [-0.05, 0) is 83.6 Å². The second kappa shape index (κ2) is 29.5. The molecule has 37 heteroatoms. The van der Waals surface area contributed by atoms with E-state index in [2.05, 4.69) is 20.5 Å². The second-order valence-electron chi connectivity index (χ2n) is 14.7. The molecular weight excluding hydrogens is 1220 g/mol. The summed E-state index contributed by atoms with van der Waals surface area (Å²) in [6.45, 7) is 7.32. The van der Waals surface area contributed by atoms with Gasteiger partial charge in [-0.2, -0.15) is 42.3 Å². The number of sulfonamides is 2. The summed E-state index contributed by atoms with van der Waals surface area (Å²) in [5, 5.41) is 54.8. The Balaban J connectivity index is 0. The minimum Gasteiger partial charge on any atom is -0.506 e. The maximum atomic E-state index is 12.8. The first-order chi connectivity index (χ1) is 33.2. The molecule has 77 heavy (non-hydrogen) atoms. The van der Waals surface area contributed by atoms with Crippen molar-refractivity contribution in [1.29, 1.82) is 0 Å². The van der Waals surface area contributed by atoms with Crippen LogP contribution in [-0.2, 0) is 77.9 Å². The molecule has 0 aliphatic carbocycles. The van der Waals surface area contributed by atoms with Crippen molar-refractivity contribution < 1.29 is 226 Å². The SMILES string of the molecule is CCN(CC)S(=O)(=O)c1ccc(O)c(N=Nc2c(O)ccc3cc(S(=O)(=O)O)cc(S(=O)(=O)O)c23)c1.CCN(CC)S(=O)(=O)c1ccc(O)c(N=Nc2c(O)ccc3cc(S(=O)(=O)O)cc(S(=O)(=O)O)c23)c1.[Cr].[H+].[Na+].[Na+].[Na+].[Na+]. The van der Waals surface area contributed by atoms with E-state index in [1.807, 2.05) is 0 Å². The number of phenols is 4. The maximum Gasteiger partial charge on any atom is 1.00 e. The van der Waals surface area contributed by atoms with Gasteiger partial charge in [-0.15, -0.1) is 20.5 Å². The number of nitrogens with zero attached hydrogens (tertiary/aromatic N) is 6. The zero-order valence-corrected chi connectivity index (χ0v) is 56.1. The monoisotopic (exact) mass is 1260 g/mol. The van der Waals surface area contributed by atoms with Gasteiger partial charge < -0.3 is 20.4 Å². The van der Waals surface area contributed by atoms with E-state index in [0.717, 1.165) is 72.8 Å². The molecule has 0 radical (unpaired) electrons. The van der Waals surface area contributed by atoms with Crippen LogP contribution in [0.3, 0.4) is 0 Å². The molecule has 6 aromatic rings. The molecule has 0 heterocycles. The number of rotatable bonds is 16. The van der Waals surface area contributed by atoms with Crippen LogP contribution in [0.4, 0.5) is 22.7 Å². The van der Waals surface area contributed by atoms with Gasteiger partial charge in [-0.3, -0.25) is 18.2 Å². The summed E-state index contributed by atoms with van der Waals surface area (Å²) in [7, 11) is -27.8. The van der Waals surface area contributed by atoms with Crippen LogP contribution in [0, 0.1) is 0 Å². The molecule has 0 unspecified atom stereocenters. The Kier molecular flexibility index (Phi) is 28.8. The third-order valence-corrected chi connectivity index (χ3v) is 17.8. The van der Waals surface area contributed by atoms with Crippen molar-refractivity contribution in [3.63, 3.8) is 0 Å². The molecule has 0 fully saturated rings. The Labute approximate surface area is 544 Å². The number of hydrogen-bond donors (Lipinski definition) is 8. The van der Waals surface area contributed by atoms with E-state index in [9.17, 15) is 89.1 Å². The quantitative estimate of drug-likeness (QED) is 0.0255. The van der Waals surface area contributed by atoms with E-state index < -0.39 is 125 Å². The van der Waals surface area contributed by atoms with E-state index in [0.29, 0.717) is 12.1 Å². The maximum absolute atomic E-state index is 12.8. The van der Waals surface area contributed by atoms with Gasteiger partial charge in [0.1, 0.15) is 55.5 Å². The third-order valence-electron chi connectivity index (χ3n) is 10.3. The minimum absolute atomic E-state index is 0. The molecule has 0 amide bonds. The van der Waals surface area contributed by atoms with Crippen LogP contribution in [0.5, 0.6) is 23.0 Å². The molecule has 6 aromatic carbocycles. The predicted octanol–water partition coefficient (Wildman–Crippen LogP) is -5.49. The minimum atomic E-state index is -5.11. The van der Waals surface area contributed by atoms with Crippen LogP contribution < -0.4 is 118 Å². The van der Waals surface area contributed by atoms with Crippen molar-refractivity contribution in [1.82, 2.24) is 8.61 Å². The van der Waals surface area contributed by atoms with Crippen LogP contribution in [-0.4, -0.2) is 124 Å². The fourth-order valence-corrected chi connectivity index (χ4v) is 12.5. The summed E-state index contributed by atoms with van der Waals surface area (Å²) in [5.41, 5.74) is -1.78. The molecule has 26 nitrogen and oxygen atoms in total. The normalized spacial score (nSPS) is 12.3. The molecule has 0 bridgehead atoms. The van der Waals surface area contributed by atoms with E-state index in [1.165, 1.54) is 8.61 Å². The van der Waals surface area contributed by atoms with Crippen molar-refractivity contribution in [3.8, 4) is 23.0 Å². The topological polar surface area (TPSA) is 423 Å². The van der Waals surface area contributed by atoms with Gasteiger partial charge in [-0.1, -0.05) is 39.8 Å². The average Bonchev–Trinajstić information content (AvgIpc) is 3.28. The molecule has 0 saturated carbocycles. The Morgan fingerprint density at radius 2 is 0.675 bits per heavy atom. The summed E-state index contributed by atoms with van der Waals surface area (Å²) in [6.07, 6.45) is 0. The Hall–Kier alpha value is -1.77. The first-order valence-corrected chi connectivity index (χ1v) is 28.8. The van der Waals surface area contributed by atoms with Crippen molar-refractivity contribution in [2.24, 2.45) is 20.5 Å². The van der Waals surface area contributed by atoms with E-state index >= 15 is 0 Å². The number of azo groups is 2. The van der Waals surface area contributed by atoms with E-state index in [1.54, 1.807) is 27.7 Å². The molecule has 0 atom stereocenters. The third kappa shape index (κ3) is 17.6. The summed E-state index contributed by atoms with van der Waals surface area (Å²) in [4.78, 5) is -4.11. The van der Waals surface area contributed by atoms with Crippen molar-refractivity contribution in [3.05, 3.63) is 84.9 Å². The van der Waals surface area contributed by atoms with Gasteiger partial charge in [0.2, 0.25) is 20.0 Å². The Morgan fingerprint density at radius 1 is 0.390 bits per heavy atom. The average molecular weight is 1260 g/mol. The smallest absolute Gasteiger partial charge is 0.506 e. The molecule has 0 aliphatic rings. The fourth-order valence-electron chi connectivity index (χ4n) is 6.77. The summed E-state index contributed by atoms with van der Waals surface area (Å²) >= 11 is 0. The molecule has 0 spiro atoms. The summed E-state index contributed by atoms with van der Waals surface area (Å²) in [6, 6.07) is 13.5. The van der Waals surface area contributed by atoms with E-state index in [4.69, 9.17) is 0 Å². The zero-order chi connectivity index (χ0) is 54.1. The molecule has 0 saturated heterocycles. The summed E-state index contributed by atoms with van der Waals surface area (Å²) in [5.74, 6) is -2.24. The van der Waals surface area contributed by atoms with Gasteiger partial charge in [-0.25, -0.2) is 16.8 Å². The molecule has 0 aromatic heterocycles. The first-order valence-electron chi connectivity index (χ1n) is 20.2. The summed E-state index contributed by atoms with van der Waals surface area (Å²) < 4.78 is 186. The van der Waals surface area contributed by atoms with Crippen molar-refractivity contribution >= 4 is 105 Å². The Bertz CT molecular complexity index is 3690. The van der Waals surface area contributed by atoms with Crippen LogP contribution in [0.1, 0.15) is 29.1 Å². The number of aromatic hydroxyl groups is 4. The molecule has 8 N–H and O–H groups in total. The van der Waals surface area contributed by atoms with Gasteiger partial charge in [0, 0.05) is 54.3 Å². The number of hydrogen-bond acceptors (Lipinski definition) is 20. The molecule has 6 rings (SSSR count). The van der Waals surface area contributed by atoms with E-state index in [-0.39, 0.29) is 195 Å². The largest absolute Gasteiger partial charge is 1.00 e. The zero-order valence-electron chi connectivity index (χ0n) is 42.9. The van der Waals surface area contributed by atoms with Crippen LogP contribution >= 0.6 is 0 Å². The van der Waals surface area contributed by atoms with Crippen LogP contribution in [0.15, 0.2) is 135 Å². The first kappa shape index (κ1) is 75.2. The van der Waals surface area contributed by atoms with Crippen LogP contribution in [0.25, 0.3) is 21.5 Å². The van der Waals surface area contributed by atoms with Gasteiger partial charge >= 0.3 is 120 Å². The number of fused-ring (bicyclic) bond motifs is 2. The molecular formula is C40H43CrN6Na4O20S6+5. The van der Waals surface area contributed by atoms with Crippen molar-refractivity contribution in [2.75, 3.05) is 26.2 Å².